The van der Waals surface area contributed by atoms with Gasteiger partial charge in [0.25, 0.3) is 0 Å². The lowest BCUT2D eigenvalue weighted by atomic mass is 10.0. The summed E-state index contributed by atoms with van der Waals surface area (Å²) in [7, 11) is 1.67. The van der Waals surface area contributed by atoms with Crippen LogP contribution < -0.4 is 10.1 Å². The maximum atomic E-state index is 8.75. The third-order valence-corrected chi connectivity index (χ3v) is 2.41. The van der Waals surface area contributed by atoms with E-state index in [4.69, 9.17) is 9.84 Å². The van der Waals surface area contributed by atoms with E-state index in [-0.39, 0.29) is 12.6 Å². The molecule has 1 aromatic carbocycles. The quantitative estimate of drug-likeness (QED) is 0.774. The van der Waals surface area contributed by atoms with E-state index in [1.165, 1.54) is 5.56 Å². The van der Waals surface area contributed by atoms with Crippen molar-refractivity contribution in [2.75, 3.05) is 20.3 Å². The van der Waals surface area contributed by atoms with Crippen LogP contribution in [0, 0.1) is 6.92 Å². The SMILES string of the molecule is COc1ccc(C)cc1[C@H](C)NCCO. The van der Waals surface area contributed by atoms with Crippen LogP contribution in [0.5, 0.6) is 5.75 Å². The lowest BCUT2D eigenvalue weighted by molar-refractivity contribution is 0.285. The van der Waals surface area contributed by atoms with Gasteiger partial charge in [0.05, 0.1) is 13.7 Å². The molecule has 0 saturated heterocycles. The van der Waals surface area contributed by atoms with E-state index < -0.39 is 0 Å². The molecule has 15 heavy (non-hydrogen) atoms. The van der Waals surface area contributed by atoms with Crippen LogP contribution >= 0.6 is 0 Å². The number of aliphatic hydroxyl groups excluding tert-OH is 1. The summed E-state index contributed by atoms with van der Waals surface area (Å²) in [6.45, 7) is 4.87. The minimum Gasteiger partial charge on any atom is -0.496 e. The van der Waals surface area contributed by atoms with Crippen molar-refractivity contribution in [1.82, 2.24) is 5.32 Å². The molecule has 1 atom stereocenters. The molecule has 1 aromatic rings. The van der Waals surface area contributed by atoms with E-state index in [9.17, 15) is 0 Å². The summed E-state index contributed by atoms with van der Waals surface area (Å²) in [5, 5.41) is 12.0. The molecule has 2 N–H and O–H groups in total. The van der Waals surface area contributed by atoms with Crippen molar-refractivity contribution in [1.29, 1.82) is 0 Å². The predicted octanol–water partition coefficient (Wildman–Crippen LogP) is 1.65. The van der Waals surface area contributed by atoms with Gasteiger partial charge in [0, 0.05) is 18.2 Å². The third kappa shape index (κ3) is 3.22. The minimum atomic E-state index is 0.151. The summed E-state index contributed by atoms with van der Waals surface area (Å²) in [6, 6.07) is 6.29. The van der Waals surface area contributed by atoms with E-state index in [1.54, 1.807) is 7.11 Å². The monoisotopic (exact) mass is 209 g/mol. The highest BCUT2D eigenvalue weighted by Gasteiger charge is 2.10. The molecule has 1 rings (SSSR count). The third-order valence-electron chi connectivity index (χ3n) is 2.41. The molecule has 0 bridgehead atoms. The molecule has 0 saturated carbocycles. The van der Waals surface area contributed by atoms with Crippen molar-refractivity contribution >= 4 is 0 Å². The van der Waals surface area contributed by atoms with Crippen molar-refractivity contribution < 1.29 is 9.84 Å². The molecule has 0 fully saturated rings. The molecular formula is C12H19NO2. The number of aliphatic hydroxyl groups is 1. The zero-order chi connectivity index (χ0) is 11.3. The Labute approximate surface area is 91.1 Å². The molecule has 0 heterocycles. The van der Waals surface area contributed by atoms with Gasteiger partial charge in [0.2, 0.25) is 0 Å². The lowest BCUT2D eigenvalue weighted by Crippen LogP contribution is -2.22. The normalized spacial score (nSPS) is 12.5. The zero-order valence-electron chi connectivity index (χ0n) is 9.58. The molecule has 0 amide bonds. The summed E-state index contributed by atoms with van der Waals surface area (Å²) in [5.41, 5.74) is 2.34. The largest absolute Gasteiger partial charge is 0.496 e. The first-order chi connectivity index (χ1) is 7.19. The number of hydrogen-bond donors (Lipinski definition) is 2. The van der Waals surface area contributed by atoms with Gasteiger partial charge in [-0.1, -0.05) is 17.7 Å². The lowest BCUT2D eigenvalue weighted by Gasteiger charge is -2.17. The summed E-state index contributed by atoms with van der Waals surface area (Å²) in [6.07, 6.45) is 0. The second kappa shape index (κ2) is 5.73. The highest BCUT2D eigenvalue weighted by atomic mass is 16.5. The zero-order valence-corrected chi connectivity index (χ0v) is 9.58. The summed E-state index contributed by atoms with van der Waals surface area (Å²) >= 11 is 0. The average Bonchev–Trinajstić information content (AvgIpc) is 2.25. The van der Waals surface area contributed by atoms with Crippen LogP contribution in [-0.4, -0.2) is 25.4 Å². The van der Waals surface area contributed by atoms with Gasteiger partial charge in [0.1, 0.15) is 5.75 Å². The molecular weight excluding hydrogens is 190 g/mol. The Morgan fingerprint density at radius 1 is 1.47 bits per heavy atom. The van der Waals surface area contributed by atoms with Gasteiger partial charge < -0.3 is 15.2 Å². The van der Waals surface area contributed by atoms with Crippen LogP contribution in [0.25, 0.3) is 0 Å². The number of benzene rings is 1. The number of aryl methyl sites for hydroxylation is 1. The van der Waals surface area contributed by atoms with Crippen LogP contribution in [0.2, 0.25) is 0 Å². The van der Waals surface area contributed by atoms with Gasteiger partial charge in [-0.2, -0.15) is 0 Å². The number of nitrogens with one attached hydrogen (secondary N) is 1. The second-order valence-electron chi connectivity index (χ2n) is 3.64. The Bertz CT molecular complexity index is 312. The molecule has 3 nitrogen and oxygen atoms in total. The Hall–Kier alpha value is -1.06. The summed E-state index contributed by atoms with van der Waals surface area (Å²) in [4.78, 5) is 0. The number of rotatable bonds is 5. The highest BCUT2D eigenvalue weighted by molar-refractivity contribution is 5.38. The van der Waals surface area contributed by atoms with Crippen molar-refractivity contribution in [3.05, 3.63) is 29.3 Å². The van der Waals surface area contributed by atoms with Crippen LogP contribution in [0.4, 0.5) is 0 Å². The summed E-state index contributed by atoms with van der Waals surface area (Å²) < 4.78 is 5.30. The molecule has 0 aromatic heterocycles. The molecule has 0 radical (unpaired) electrons. The van der Waals surface area contributed by atoms with Crippen molar-refractivity contribution in [3.8, 4) is 5.75 Å². The average molecular weight is 209 g/mol. The molecule has 84 valence electrons. The van der Waals surface area contributed by atoms with E-state index in [2.05, 4.69) is 25.2 Å². The topological polar surface area (TPSA) is 41.5 Å². The standard InChI is InChI=1S/C12H19NO2/c1-9-4-5-12(15-3)11(8-9)10(2)13-6-7-14/h4-5,8,10,13-14H,6-7H2,1-3H3/t10-/m0/s1. The number of ether oxygens (including phenoxy) is 1. The fourth-order valence-electron chi connectivity index (χ4n) is 1.58. The number of hydrogen-bond acceptors (Lipinski definition) is 3. The van der Waals surface area contributed by atoms with Gasteiger partial charge in [-0.05, 0) is 19.9 Å². The Balaban J connectivity index is 2.85. The van der Waals surface area contributed by atoms with Gasteiger partial charge in [-0.15, -0.1) is 0 Å². The van der Waals surface area contributed by atoms with E-state index in [0.717, 1.165) is 11.3 Å². The van der Waals surface area contributed by atoms with Crippen LogP contribution in [0.3, 0.4) is 0 Å². The Morgan fingerprint density at radius 2 is 2.20 bits per heavy atom. The van der Waals surface area contributed by atoms with Crippen LogP contribution in [-0.2, 0) is 0 Å². The van der Waals surface area contributed by atoms with E-state index in [1.807, 2.05) is 12.1 Å². The number of methoxy groups -OCH3 is 1. The fourth-order valence-corrected chi connectivity index (χ4v) is 1.58. The second-order valence-corrected chi connectivity index (χ2v) is 3.64. The van der Waals surface area contributed by atoms with E-state index in [0.29, 0.717) is 6.54 Å². The van der Waals surface area contributed by atoms with E-state index >= 15 is 0 Å². The molecule has 0 unspecified atom stereocenters. The summed E-state index contributed by atoms with van der Waals surface area (Å²) in [5.74, 6) is 0.888. The first-order valence-corrected chi connectivity index (χ1v) is 5.17. The Kier molecular flexibility index (Phi) is 4.59. The van der Waals surface area contributed by atoms with Crippen LogP contribution in [0.1, 0.15) is 24.1 Å². The molecule has 0 aliphatic heterocycles. The van der Waals surface area contributed by atoms with Gasteiger partial charge in [-0.3, -0.25) is 0 Å². The van der Waals surface area contributed by atoms with Gasteiger partial charge >= 0.3 is 0 Å². The van der Waals surface area contributed by atoms with Crippen molar-refractivity contribution in [2.45, 2.75) is 19.9 Å². The predicted molar refractivity (Wildman–Crippen MR) is 61.2 cm³/mol. The van der Waals surface area contributed by atoms with Crippen LogP contribution in [0.15, 0.2) is 18.2 Å². The minimum absolute atomic E-state index is 0.151. The Morgan fingerprint density at radius 3 is 2.80 bits per heavy atom. The van der Waals surface area contributed by atoms with Crippen molar-refractivity contribution in [2.24, 2.45) is 0 Å². The molecule has 0 aliphatic carbocycles. The highest BCUT2D eigenvalue weighted by Crippen LogP contribution is 2.25. The molecule has 0 spiro atoms. The smallest absolute Gasteiger partial charge is 0.123 e. The molecule has 0 aliphatic rings. The first kappa shape index (κ1) is 12.0. The maximum absolute atomic E-state index is 8.75. The van der Waals surface area contributed by atoms with Gasteiger partial charge in [-0.25, -0.2) is 0 Å². The maximum Gasteiger partial charge on any atom is 0.123 e. The first-order valence-electron chi connectivity index (χ1n) is 5.17. The van der Waals surface area contributed by atoms with Crippen molar-refractivity contribution in [3.63, 3.8) is 0 Å². The fraction of sp³-hybridized carbons (Fsp3) is 0.500. The molecule has 3 heteroatoms. The van der Waals surface area contributed by atoms with Gasteiger partial charge in [0.15, 0.2) is 0 Å².